The minimum absolute atomic E-state index is 0.224. The molecule has 0 radical (unpaired) electrons. The zero-order valence-corrected chi connectivity index (χ0v) is 9.13. The molecule has 0 bridgehead atoms. The van der Waals surface area contributed by atoms with Gasteiger partial charge in [-0.05, 0) is 13.2 Å². The summed E-state index contributed by atoms with van der Waals surface area (Å²) in [6.07, 6.45) is 4.35. The quantitative estimate of drug-likeness (QED) is 0.425. The third kappa shape index (κ3) is 4.71. The number of nitrogens with zero attached hydrogens (tertiary/aromatic N) is 1. The molecule has 0 aliphatic carbocycles. The number of aliphatic imine (C=N–C) groups is 1. The SMILES string of the molecule is C=C(N=C/C(=C\N)C(=O)OCC)SC. The van der Waals surface area contributed by atoms with Gasteiger partial charge in [0.1, 0.15) is 0 Å². The summed E-state index contributed by atoms with van der Waals surface area (Å²) in [5, 5.41) is 0.605. The number of carbonyl (C=O) groups is 1. The van der Waals surface area contributed by atoms with E-state index in [1.165, 1.54) is 18.0 Å². The number of thioether (sulfide) groups is 1. The molecule has 0 unspecified atom stereocenters. The van der Waals surface area contributed by atoms with Crippen LogP contribution in [0.25, 0.3) is 0 Å². The highest BCUT2D eigenvalue weighted by Crippen LogP contribution is 2.09. The second-order valence-electron chi connectivity index (χ2n) is 2.20. The summed E-state index contributed by atoms with van der Waals surface area (Å²) < 4.78 is 4.75. The summed E-state index contributed by atoms with van der Waals surface area (Å²) in [4.78, 5) is 15.1. The molecule has 0 atom stereocenters. The molecule has 78 valence electrons. The van der Waals surface area contributed by atoms with Gasteiger partial charge < -0.3 is 10.5 Å². The Morgan fingerprint density at radius 1 is 1.71 bits per heavy atom. The van der Waals surface area contributed by atoms with E-state index in [9.17, 15) is 4.79 Å². The number of nitrogens with two attached hydrogens (primary N) is 1. The van der Waals surface area contributed by atoms with Crippen molar-refractivity contribution in [2.24, 2.45) is 10.7 Å². The van der Waals surface area contributed by atoms with Crippen LogP contribution >= 0.6 is 11.8 Å². The van der Waals surface area contributed by atoms with Gasteiger partial charge in [0.25, 0.3) is 0 Å². The molecule has 0 aromatic rings. The van der Waals surface area contributed by atoms with Crippen molar-refractivity contribution in [2.75, 3.05) is 12.9 Å². The van der Waals surface area contributed by atoms with Gasteiger partial charge in [0.15, 0.2) is 0 Å². The number of esters is 1. The van der Waals surface area contributed by atoms with Crippen LogP contribution in [-0.4, -0.2) is 25.0 Å². The molecule has 0 spiro atoms. The van der Waals surface area contributed by atoms with Crippen LogP contribution in [0.2, 0.25) is 0 Å². The van der Waals surface area contributed by atoms with E-state index in [0.717, 1.165) is 6.20 Å². The van der Waals surface area contributed by atoms with Crippen LogP contribution in [0.3, 0.4) is 0 Å². The fraction of sp³-hybridized carbons (Fsp3) is 0.333. The first-order valence-corrected chi connectivity index (χ1v) is 5.24. The van der Waals surface area contributed by atoms with Crippen molar-refractivity contribution in [3.05, 3.63) is 23.4 Å². The Kier molecular flexibility index (Phi) is 6.57. The molecule has 0 aliphatic heterocycles. The van der Waals surface area contributed by atoms with Crippen LogP contribution < -0.4 is 5.73 Å². The van der Waals surface area contributed by atoms with Gasteiger partial charge in [0, 0.05) is 12.4 Å². The maximum Gasteiger partial charge on any atom is 0.341 e. The highest BCUT2D eigenvalue weighted by atomic mass is 32.2. The van der Waals surface area contributed by atoms with E-state index in [1.54, 1.807) is 6.92 Å². The second-order valence-corrected chi connectivity index (χ2v) is 3.08. The lowest BCUT2D eigenvalue weighted by atomic mass is 10.3. The van der Waals surface area contributed by atoms with Crippen molar-refractivity contribution in [3.8, 4) is 0 Å². The number of hydrogen-bond acceptors (Lipinski definition) is 5. The topological polar surface area (TPSA) is 64.7 Å². The Balaban J connectivity index is 4.38. The molecule has 2 N–H and O–H groups in total. The van der Waals surface area contributed by atoms with Crippen molar-refractivity contribution >= 4 is 23.9 Å². The van der Waals surface area contributed by atoms with Crippen LogP contribution in [-0.2, 0) is 9.53 Å². The molecule has 0 aromatic carbocycles. The van der Waals surface area contributed by atoms with Crippen molar-refractivity contribution < 1.29 is 9.53 Å². The lowest BCUT2D eigenvalue weighted by molar-refractivity contribution is -0.137. The van der Waals surface area contributed by atoms with Crippen molar-refractivity contribution in [1.29, 1.82) is 0 Å². The molecule has 0 rings (SSSR count). The summed E-state index contributed by atoms with van der Waals surface area (Å²) in [5.41, 5.74) is 5.47. The smallest absolute Gasteiger partial charge is 0.341 e. The first-order valence-electron chi connectivity index (χ1n) is 4.01. The van der Waals surface area contributed by atoms with Gasteiger partial charge in [0.05, 0.1) is 17.2 Å². The number of rotatable bonds is 5. The number of hydrogen-bond donors (Lipinski definition) is 1. The predicted molar refractivity (Wildman–Crippen MR) is 60.1 cm³/mol. The molecule has 0 aliphatic rings. The summed E-state index contributed by atoms with van der Waals surface area (Å²) in [5.74, 6) is -0.479. The predicted octanol–water partition coefficient (Wildman–Crippen LogP) is 1.30. The lowest BCUT2D eigenvalue weighted by Crippen LogP contribution is -2.10. The van der Waals surface area contributed by atoms with Gasteiger partial charge in [-0.3, -0.25) is 0 Å². The third-order valence-corrected chi connectivity index (χ3v) is 1.85. The van der Waals surface area contributed by atoms with Gasteiger partial charge >= 0.3 is 5.97 Å². The molecule has 0 aromatic heterocycles. The molecule has 0 amide bonds. The standard InChI is InChI=1S/C9H14N2O2S/c1-4-13-9(12)8(5-10)6-11-7(2)14-3/h5-6H,2,4,10H2,1,3H3/b8-5+,11-6?. The highest BCUT2D eigenvalue weighted by Gasteiger charge is 2.06. The maximum atomic E-state index is 11.2. The Morgan fingerprint density at radius 2 is 2.36 bits per heavy atom. The number of ether oxygens (including phenoxy) is 1. The van der Waals surface area contributed by atoms with E-state index in [-0.39, 0.29) is 5.57 Å². The summed E-state index contributed by atoms with van der Waals surface area (Å²) in [7, 11) is 0. The number of carbonyl (C=O) groups excluding carboxylic acids is 1. The highest BCUT2D eigenvalue weighted by molar-refractivity contribution is 8.02. The summed E-state index contributed by atoms with van der Waals surface area (Å²) in [6, 6.07) is 0. The van der Waals surface area contributed by atoms with Crippen molar-refractivity contribution in [3.63, 3.8) is 0 Å². The van der Waals surface area contributed by atoms with E-state index < -0.39 is 5.97 Å². The van der Waals surface area contributed by atoms with E-state index >= 15 is 0 Å². The van der Waals surface area contributed by atoms with Gasteiger partial charge in [-0.1, -0.05) is 6.58 Å². The van der Waals surface area contributed by atoms with Gasteiger partial charge in [-0.25, -0.2) is 9.79 Å². The van der Waals surface area contributed by atoms with E-state index in [1.807, 2.05) is 6.26 Å². The zero-order chi connectivity index (χ0) is 11.0. The van der Waals surface area contributed by atoms with Gasteiger partial charge in [-0.15, -0.1) is 11.8 Å². The fourth-order valence-electron chi connectivity index (χ4n) is 0.572. The zero-order valence-electron chi connectivity index (χ0n) is 8.32. The molecule has 0 saturated heterocycles. The minimum atomic E-state index is -0.479. The van der Waals surface area contributed by atoms with Crippen molar-refractivity contribution in [1.82, 2.24) is 0 Å². The average molecular weight is 214 g/mol. The maximum absolute atomic E-state index is 11.2. The fourth-order valence-corrected chi connectivity index (χ4v) is 0.731. The molecular weight excluding hydrogens is 200 g/mol. The Bertz CT molecular complexity index is 272. The first-order chi connectivity index (χ1) is 6.65. The molecule has 0 fully saturated rings. The van der Waals surface area contributed by atoms with Crippen LogP contribution in [0, 0.1) is 0 Å². The molecule has 0 heterocycles. The van der Waals surface area contributed by atoms with E-state index in [4.69, 9.17) is 10.5 Å². The van der Waals surface area contributed by atoms with E-state index in [0.29, 0.717) is 11.6 Å². The summed E-state index contributed by atoms with van der Waals surface area (Å²) >= 11 is 1.39. The van der Waals surface area contributed by atoms with Crippen LogP contribution in [0.15, 0.2) is 28.4 Å². The van der Waals surface area contributed by atoms with Crippen LogP contribution in [0.5, 0.6) is 0 Å². The summed E-state index contributed by atoms with van der Waals surface area (Å²) in [6.45, 7) is 5.67. The third-order valence-electron chi connectivity index (χ3n) is 1.27. The van der Waals surface area contributed by atoms with Gasteiger partial charge in [0.2, 0.25) is 0 Å². The molecule has 4 nitrogen and oxygen atoms in total. The van der Waals surface area contributed by atoms with Crippen LogP contribution in [0.4, 0.5) is 0 Å². The Labute approximate surface area is 87.9 Å². The minimum Gasteiger partial charge on any atom is -0.462 e. The molecule has 5 heteroatoms. The largest absolute Gasteiger partial charge is 0.462 e. The van der Waals surface area contributed by atoms with Crippen LogP contribution in [0.1, 0.15) is 6.92 Å². The second kappa shape index (κ2) is 7.20. The monoisotopic (exact) mass is 214 g/mol. The van der Waals surface area contributed by atoms with Crippen molar-refractivity contribution in [2.45, 2.75) is 6.92 Å². The van der Waals surface area contributed by atoms with E-state index in [2.05, 4.69) is 11.6 Å². The average Bonchev–Trinajstić information content (AvgIpc) is 2.18. The first kappa shape index (κ1) is 12.8. The Morgan fingerprint density at radius 3 is 2.79 bits per heavy atom. The normalized spacial score (nSPS) is 11.7. The lowest BCUT2D eigenvalue weighted by Gasteiger charge is -2.00. The molecular formula is C9H14N2O2S. The molecule has 0 saturated carbocycles. The van der Waals surface area contributed by atoms with Gasteiger partial charge in [-0.2, -0.15) is 0 Å². The molecule has 14 heavy (non-hydrogen) atoms. The Hall–Kier alpha value is -1.23.